The average molecular weight is 270 g/mol. The number of rotatable bonds is 3. The van der Waals surface area contributed by atoms with Crippen molar-refractivity contribution in [1.29, 1.82) is 0 Å². The van der Waals surface area contributed by atoms with E-state index in [2.05, 4.69) is 5.32 Å². The van der Waals surface area contributed by atoms with Gasteiger partial charge in [0.15, 0.2) is 0 Å². The van der Waals surface area contributed by atoms with E-state index < -0.39 is 11.5 Å². The first kappa shape index (κ1) is 14.1. The van der Waals surface area contributed by atoms with Gasteiger partial charge in [0, 0.05) is 13.1 Å². The summed E-state index contributed by atoms with van der Waals surface area (Å²) in [4.78, 5) is 25.1. The molecular weight excluding hydrogens is 248 g/mol. The zero-order valence-corrected chi connectivity index (χ0v) is 11.4. The second kappa shape index (κ2) is 5.00. The summed E-state index contributed by atoms with van der Waals surface area (Å²) in [5.74, 6) is -0.924. The number of hydrogen-bond donors (Lipinski definition) is 3. The third kappa shape index (κ3) is 2.83. The number of aliphatic carboxylic acids is 1. The van der Waals surface area contributed by atoms with Crippen LogP contribution in [0.15, 0.2) is 0 Å². The molecule has 2 rings (SSSR count). The quantitative estimate of drug-likeness (QED) is 0.702. The Morgan fingerprint density at radius 1 is 1.32 bits per heavy atom. The van der Waals surface area contributed by atoms with Gasteiger partial charge in [0.2, 0.25) is 0 Å². The van der Waals surface area contributed by atoms with Gasteiger partial charge in [-0.3, -0.25) is 0 Å². The van der Waals surface area contributed by atoms with E-state index in [0.29, 0.717) is 19.5 Å². The fourth-order valence-corrected chi connectivity index (χ4v) is 2.61. The van der Waals surface area contributed by atoms with E-state index in [9.17, 15) is 19.8 Å². The Bertz CT molecular complexity index is 383. The van der Waals surface area contributed by atoms with Crippen LogP contribution in [0, 0.1) is 11.8 Å². The summed E-state index contributed by atoms with van der Waals surface area (Å²) >= 11 is 0. The Morgan fingerprint density at radius 2 is 1.95 bits per heavy atom. The fraction of sp³-hybridized carbons (Fsp3) is 0.846. The van der Waals surface area contributed by atoms with Crippen molar-refractivity contribution in [3.63, 3.8) is 0 Å². The van der Waals surface area contributed by atoms with Crippen LogP contribution in [-0.2, 0) is 4.79 Å². The molecule has 2 amide bonds. The highest BCUT2D eigenvalue weighted by atomic mass is 16.4. The molecule has 0 aromatic heterocycles. The largest absolute Gasteiger partial charge is 0.480 e. The molecule has 0 bridgehead atoms. The normalized spacial score (nSPS) is 30.6. The molecule has 6 nitrogen and oxygen atoms in total. The van der Waals surface area contributed by atoms with Crippen LogP contribution in [0.5, 0.6) is 0 Å². The molecule has 6 heteroatoms. The molecule has 1 saturated carbocycles. The third-order valence-electron chi connectivity index (χ3n) is 4.35. The molecule has 0 radical (unpaired) electrons. The Balaban J connectivity index is 1.98. The zero-order valence-electron chi connectivity index (χ0n) is 11.4. The summed E-state index contributed by atoms with van der Waals surface area (Å²) in [6, 6.07) is -0.337. The van der Waals surface area contributed by atoms with Crippen LogP contribution < -0.4 is 5.32 Å². The first-order valence-corrected chi connectivity index (χ1v) is 6.83. The van der Waals surface area contributed by atoms with E-state index in [1.807, 2.05) is 6.92 Å². The summed E-state index contributed by atoms with van der Waals surface area (Å²) in [7, 11) is 0. The maximum absolute atomic E-state index is 12.2. The zero-order chi connectivity index (χ0) is 14.2. The predicted octanol–water partition coefficient (Wildman–Crippen LogP) is 0.652. The van der Waals surface area contributed by atoms with Crippen molar-refractivity contribution in [3.8, 4) is 0 Å². The molecule has 1 heterocycles. The molecular formula is C13H22N2O4. The predicted molar refractivity (Wildman–Crippen MR) is 68.7 cm³/mol. The molecule has 19 heavy (non-hydrogen) atoms. The van der Waals surface area contributed by atoms with Crippen molar-refractivity contribution in [2.24, 2.45) is 11.8 Å². The summed E-state index contributed by atoms with van der Waals surface area (Å²) < 4.78 is 0. The Kier molecular flexibility index (Phi) is 3.71. The number of piperidine rings is 1. The number of carbonyl (C=O) groups excluding carboxylic acids is 1. The van der Waals surface area contributed by atoms with Crippen LogP contribution in [0.4, 0.5) is 4.79 Å². The third-order valence-corrected chi connectivity index (χ3v) is 4.35. The van der Waals surface area contributed by atoms with E-state index in [0.717, 1.165) is 12.8 Å². The van der Waals surface area contributed by atoms with Gasteiger partial charge in [-0.2, -0.15) is 0 Å². The summed E-state index contributed by atoms with van der Waals surface area (Å²) in [6.07, 6.45) is 1.86. The van der Waals surface area contributed by atoms with Crippen molar-refractivity contribution >= 4 is 12.0 Å². The molecule has 2 fully saturated rings. The summed E-state index contributed by atoms with van der Waals surface area (Å²) in [5.41, 5.74) is -1.17. The average Bonchev–Trinajstić information content (AvgIpc) is 3.16. The van der Waals surface area contributed by atoms with Gasteiger partial charge in [-0.1, -0.05) is 6.92 Å². The number of carboxylic acids is 1. The van der Waals surface area contributed by atoms with E-state index in [-0.39, 0.29) is 24.0 Å². The molecule has 3 unspecified atom stereocenters. The molecule has 108 valence electrons. The lowest BCUT2D eigenvalue weighted by Crippen LogP contribution is -2.59. The molecule has 3 atom stereocenters. The van der Waals surface area contributed by atoms with Gasteiger partial charge in [-0.15, -0.1) is 0 Å². The van der Waals surface area contributed by atoms with E-state index in [4.69, 9.17) is 0 Å². The van der Waals surface area contributed by atoms with Gasteiger partial charge in [-0.05, 0) is 38.0 Å². The Labute approximate surface area is 112 Å². The minimum atomic E-state index is -1.17. The smallest absolute Gasteiger partial charge is 0.329 e. The highest BCUT2D eigenvalue weighted by molar-refractivity contribution is 5.86. The number of amides is 2. The molecule has 1 saturated heterocycles. The number of aliphatic hydroxyl groups excluding tert-OH is 1. The van der Waals surface area contributed by atoms with Gasteiger partial charge in [-0.25, -0.2) is 9.59 Å². The lowest BCUT2D eigenvalue weighted by Gasteiger charge is -2.36. The number of likely N-dealkylation sites (tertiary alicyclic amines) is 1. The lowest BCUT2D eigenvalue weighted by atomic mass is 9.95. The standard InChI is InChI=1S/C13H22N2O4/c1-8-7-15(6-5-10(8)16)12(19)14-13(2,11(17)18)9-3-4-9/h8-10,16H,3-7H2,1-2H3,(H,14,19)(H,17,18). The number of nitrogens with one attached hydrogen (secondary N) is 1. The number of carbonyl (C=O) groups is 2. The lowest BCUT2D eigenvalue weighted by molar-refractivity contribution is -0.144. The van der Waals surface area contributed by atoms with Crippen molar-refractivity contribution < 1.29 is 19.8 Å². The topological polar surface area (TPSA) is 89.9 Å². The molecule has 2 aliphatic rings. The summed E-state index contributed by atoms with van der Waals surface area (Å²) in [5, 5.41) is 21.6. The fourth-order valence-electron chi connectivity index (χ4n) is 2.61. The summed E-state index contributed by atoms with van der Waals surface area (Å²) in [6.45, 7) is 4.40. The first-order chi connectivity index (χ1) is 8.84. The highest BCUT2D eigenvalue weighted by Crippen LogP contribution is 2.39. The maximum Gasteiger partial charge on any atom is 0.329 e. The number of urea groups is 1. The van der Waals surface area contributed by atoms with E-state index in [1.165, 1.54) is 0 Å². The minimum absolute atomic E-state index is 0.0245. The van der Waals surface area contributed by atoms with Crippen LogP contribution in [0.3, 0.4) is 0 Å². The van der Waals surface area contributed by atoms with Gasteiger partial charge in [0.25, 0.3) is 0 Å². The molecule has 0 aromatic rings. The monoisotopic (exact) mass is 270 g/mol. The van der Waals surface area contributed by atoms with Gasteiger partial charge in [0.05, 0.1) is 6.10 Å². The van der Waals surface area contributed by atoms with Crippen molar-refractivity contribution in [1.82, 2.24) is 10.2 Å². The van der Waals surface area contributed by atoms with E-state index >= 15 is 0 Å². The molecule has 0 aromatic carbocycles. The number of nitrogens with zero attached hydrogens (tertiary/aromatic N) is 1. The molecule has 3 N–H and O–H groups in total. The number of aliphatic hydroxyl groups is 1. The number of hydrogen-bond acceptors (Lipinski definition) is 3. The van der Waals surface area contributed by atoms with Crippen LogP contribution in [-0.4, -0.2) is 51.8 Å². The van der Waals surface area contributed by atoms with Gasteiger partial charge in [0.1, 0.15) is 5.54 Å². The van der Waals surface area contributed by atoms with Gasteiger partial charge >= 0.3 is 12.0 Å². The molecule has 1 aliphatic carbocycles. The van der Waals surface area contributed by atoms with Crippen molar-refractivity contribution in [2.75, 3.05) is 13.1 Å². The first-order valence-electron chi connectivity index (χ1n) is 6.83. The van der Waals surface area contributed by atoms with Crippen molar-refractivity contribution in [3.05, 3.63) is 0 Å². The Hall–Kier alpha value is -1.30. The van der Waals surface area contributed by atoms with E-state index in [1.54, 1.807) is 11.8 Å². The molecule has 1 aliphatic heterocycles. The van der Waals surface area contributed by atoms with Crippen LogP contribution >= 0.6 is 0 Å². The Morgan fingerprint density at radius 3 is 2.42 bits per heavy atom. The van der Waals surface area contributed by atoms with Crippen LogP contribution in [0.2, 0.25) is 0 Å². The van der Waals surface area contributed by atoms with Gasteiger partial charge < -0.3 is 20.4 Å². The maximum atomic E-state index is 12.2. The highest BCUT2D eigenvalue weighted by Gasteiger charge is 2.49. The minimum Gasteiger partial charge on any atom is -0.480 e. The molecule has 0 spiro atoms. The number of carboxylic acid groups (broad SMARTS) is 1. The SMILES string of the molecule is CC1CN(C(=O)NC(C)(C(=O)O)C2CC2)CCC1O. The van der Waals surface area contributed by atoms with Crippen LogP contribution in [0.25, 0.3) is 0 Å². The second-order valence-corrected chi connectivity index (χ2v) is 5.99. The van der Waals surface area contributed by atoms with Crippen LogP contribution in [0.1, 0.15) is 33.1 Å². The second-order valence-electron chi connectivity index (χ2n) is 5.99. The van der Waals surface area contributed by atoms with Crippen molar-refractivity contribution in [2.45, 2.75) is 44.8 Å².